The van der Waals surface area contributed by atoms with Crippen LogP contribution in [0, 0.1) is 13.8 Å². The molecular formula is C14H21N3OS. The minimum atomic E-state index is 0. The first-order chi connectivity index (χ1) is 8.45. The Hall–Kier alpha value is -1.49. The summed E-state index contributed by atoms with van der Waals surface area (Å²) in [6.45, 7) is 3.85. The first kappa shape index (κ1) is 15.6. The molecule has 0 unspecified atom stereocenters. The van der Waals surface area contributed by atoms with Gasteiger partial charge in [-0.25, -0.2) is 0 Å². The van der Waals surface area contributed by atoms with Gasteiger partial charge in [0.05, 0.1) is 10.7 Å². The van der Waals surface area contributed by atoms with Crippen molar-refractivity contribution in [1.29, 1.82) is 0 Å². The molecule has 0 saturated heterocycles. The Kier molecular flexibility index (Phi) is 4.63. The molecule has 2 aromatic rings. The van der Waals surface area contributed by atoms with Crippen molar-refractivity contribution in [2.45, 2.75) is 26.3 Å². The Balaban J connectivity index is 0.00000180. The summed E-state index contributed by atoms with van der Waals surface area (Å²) in [4.78, 5) is 12.0. The lowest BCUT2D eigenvalue weighted by Gasteiger charge is -2.10. The molecule has 0 atom stereocenters. The number of rotatable bonds is 2. The monoisotopic (exact) mass is 279 g/mol. The average Bonchev–Trinajstić information content (AvgIpc) is 2.67. The molecule has 0 aromatic carbocycles. The number of hydrogen-bond donors (Lipinski definition) is 0. The van der Waals surface area contributed by atoms with Crippen LogP contribution in [0.4, 0.5) is 0 Å². The van der Waals surface area contributed by atoms with Gasteiger partial charge in [-0.3, -0.25) is 9.48 Å². The van der Waals surface area contributed by atoms with Crippen LogP contribution in [0.15, 0.2) is 22.0 Å². The van der Waals surface area contributed by atoms with Crippen LogP contribution in [0.5, 0.6) is 0 Å². The summed E-state index contributed by atoms with van der Waals surface area (Å²) in [5.74, 6) is 0. The molecule has 0 spiro atoms. The molecule has 0 aliphatic rings. The molecule has 0 N–H and O–H groups in total. The Morgan fingerprint density at radius 2 is 1.79 bits per heavy atom. The molecule has 0 aliphatic carbocycles. The third-order valence-corrected chi connectivity index (χ3v) is 3.87. The van der Waals surface area contributed by atoms with E-state index in [1.54, 1.807) is 23.4 Å². The van der Waals surface area contributed by atoms with E-state index in [1.165, 1.54) is 0 Å². The highest BCUT2D eigenvalue weighted by atomic mass is 32.2. The quantitative estimate of drug-likeness (QED) is 0.794. The van der Waals surface area contributed by atoms with Crippen molar-refractivity contribution in [2.24, 2.45) is 14.1 Å². The van der Waals surface area contributed by atoms with Crippen molar-refractivity contribution in [1.82, 2.24) is 14.3 Å². The molecule has 0 radical (unpaired) electrons. The van der Waals surface area contributed by atoms with Crippen LogP contribution in [0.3, 0.4) is 0 Å². The van der Waals surface area contributed by atoms with E-state index in [-0.39, 0.29) is 13.0 Å². The Labute approximate surface area is 118 Å². The van der Waals surface area contributed by atoms with E-state index in [9.17, 15) is 4.79 Å². The van der Waals surface area contributed by atoms with E-state index in [2.05, 4.69) is 5.10 Å². The molecule has 2 aromatic heterocycles. The number of pyridine rings is 1. The van der Waals surface area contributed by atoms with E-state index in [4.69, 9.17) is 0 Å². The summed E-state index contributed by atoms with van der Waals surface area (Å²) in [5, 5.41) is 5.56. The summed E-state index contributed by atoms with van der Waals surface area (Å²) < 4.78 is 3.51. The maximum absolute atomic E-state index is 12.0. The summed E-state index contributed by atoms with van der Waals surface area (Å²) in [6.07, 6.45) is 2.02. The lowest BCUT2D eigenvalue weighted by atomic mass is 10.1. The molecule has 4 nitrogen and oxygen atoms in total. The maximum atomic E-state index is 12.0. The summed E-state index contributed by atoms with van der Waals surface area (Å²) in [5.41, 5.74) is 3.60. The van der Waals surface area contributed by atoms with Crippen LogP contribution < -0.4 is 5.56 Å². The highest BCUT2D eigenvalue weighted by Crippen LogP contribution is 2.25. The third kappa shape index (κ3) is 2.61. The zero-order valence-corrected chi connectivity index (χ0v) is 12.1. The van der Waals surface area contributed by atoms with Crippen LogP contribution in [0.2, 0.25) is 0 Å². The SMILES string of the molecule is C.CSc1cc(-c2c(C)cc(C)c(=O)n2C)nn1C. The van der Waals surface area contributed by atoms with Gasteiger partial charge in [-0.15, -0.1) is 11.8 Å². The molecule has 5 heteroatoms. The van der Waals surface area contributed by atoms with Crippen molar-refractivity contribution in [2.75, 3.05) is 6.26 Å². The predicted octanol–water partition coefficient (Wildman–Crippen LogP) is 2.76. The van der Waals surface area contributed by atoms with Crippen LogP contribution in [-0.2, 0) is 14.1 Å². The van der Waals surface area contributed by atoms with Gasteiger partial charge in [0.2, 0.25) is 0 Å². The summed E-state index contributed by atoms with van der Waals surface area (Å²) >= 11 is 1.64. The second kappa shape index (κ2) is 5.65. The summed E-state index contributed by atoms with van der Waals surface area (Å²) in [7, 11) is 3.71. The fraction of sp³-hybridized carbons (Fsp3) is 0.429. The van der Waals surface area contributed by atoms with Gasteiger partial charge >= 0.3 is 0 Å². The number of nitrogens with zero attached hydrogens (tertiary/aromatic N) is 3. The molecule has 0 aliphatic heterocycles. The van der Waals surface area contributed by atoms with Gasteiger partial charge in [0.1, 0.15) is 5.69 Å². The molecule has 104 valence electrons. The number of hydrogen-bond acceptors (Lipinski definition) is 3. The minimum absolute atomic E-state index is 0. The van der Waals surface area contributed by atoms with Crippen molar-refractivity contribution in [3.05, 3.63) is 33.6 Å². The second-order valence-corrected chi connectivity index (χ2v) is 5.25. The molecule has 0 amide bonds. The zero-order chi connectivity index (χ0) is 13.4. The second-order valence-electron chi connectivity index (χ2n) is 4.42. The van der Waals surface area contributed by atoms with E-state index in [0.29, 0.717) is 0 Å². The molecule has 0 saturated carbocycles. The van der Waals surface area contributed by atoms with E-state index in [0.717, 1.165) is 27.5 Å². The maximum Gasteiger partial charge on any atom is 0.253 e. The summed E-state index contributed by atoms with van der Waals surface area (Å²) in [6, 6.07) is 3.94. The average molecular weight is 279 g/mol. The van der Waals surface area contributed by atoms with Crippen LogP contribution in [0.25, 0.3) is 11.4 Å². The minimum Gasteiger partial charge on any atom is -0.309 e. The lowest BCUT2D eigenvalue weighted by Crippen LogP contribution is -2.21. The van der Waals surface area contributed by atoms with E-state index < -0.39 is 0 Å². The highest BCUT2D eigenvalue weighted by molar-refractivity contribution is 7.98. The van der Waals surface area contributed by atoms with Gasteiger partial charge in [0, 0.05) is 19.7 Å². The van der Waals surface area contributed by atoms with Crippen molar-refractivity contribution in [3.63, 3.8) is 0 Å². The molecule has 2 rings (SSSR count). The first-order valence-corrected chi connectivity index (χ1v) is 6.93. The largest absolute Gasteiger partial charge is 0.309 e. The molecule has 0 fully saturated rings. The Bertz CT molecular complexity index is 655. The molecular weight excluding hydrogens is 258 g/mol. The van der Waals surface area contributed by atoms with Crippen molar-refractivity contribution >= 4 is 11.8 Å². The van der Waals surface area contributed by atoms with Crippen LogP contribution in [0.1, 0.15) is 18.6 Å². The normalized spacial score (nSPS) is 10.4. The lowest BCUT2D eigenvalue weighted by molar-refractivity contribution is 0.699. The van der Waals surface area contributed by atoms with Crippen LogP contribution >= 0.6 is 11.8 Å². The topological polar surface area (TPSA) is 39.8 Å². The van der Waals surface area contributed by atoms with Crippen LogP contribution in [-0.4, -0.2) is 20.6 Å². The van der Waals surface area contributed by atoms with E-state index in [1.807, 2.05) is 44.0 Å². The fourth-order valence-electron chi connectivity index (χ4n) is 2.22. The van der Waals surface area contributed by atoms with E-state index >= 15 is 0 Å². The fourth-order valence-corrected chi connectivity index (χ4v) is 2.75. The smallest absolute Gasteiger partial charge is 0.253 e. The predicted molar refractivity (Wildman–Crippen MR) is 81.9 cm³/mol. The van der Waals surface area contributed by atoms with Crippen molar-refractivity contribution < 1.29 is 0 Å². The zero-order valence-electron chi connectivity index (χ0n) is 11.3. The number of aromatic nitrogens is 3. The molecule has 2 heterocycles. The van der Waals surface area contributed by atoms with Gasteiger partial charge in [-0.1, -0.05) is 7.43 Å². The molecule has 0 bridgehead atoms. The Morgan fingerprint density at radius 3 is 2.32 bits per heavy atom. The molecule has 19 heavy (non-hydrogen) atoms. The standard InChI is InChI=1S/C13H17N3OS.CH4/c1-8-6-9(2)13(17)15(3)12(8)10-7-11(18-5)16(4)14-10;/h6-7H,1-5H3;1H4. The van der Waals surface area contributed by atoms with Gasteiger partial charge in [0.15, 0.2) is 0 Å². The van der Waals surface area contributed by atoms with Gasteiger partial charge in [-0.05, 0) is 37.8 Å². The van der Waals surface area contributed by atoms with Crippen molar-refractivity contribution in [3.8, 4) is 11.4 Å². The first-order valence-electron chi connectivity index (χ1n) is 5.71. The Morgan fingerprint density at radius 1 is 1.16 bits per heavy atom. The highest BCUT2D eigenvalue weighted by Gasteiger charge is 2.13. The van der Waals surface area contributed by atoms with Gasteiger partial charge in [-0.2, -0.15) is 5.10 Å². The number of thioether (sulfide) groups is 1. The van der Waals surface area contributed by atoms with Gasteiger partial charge < -0.3 is 4.57 Å². The van der Waals surface area contributed by atoms with Gasteiger partial charge in [0.25, 0.3) is 5.56 Å². The number of aryl methyl sites for hydroxylation is 3. The third-order valence-electron chi connectivity index (χ3n) is 3.07.